The highest BCUT2D eigenvalue weighted by Gasteiger charge is 2.28. The van der Waals surface area contributed by atoms with Gasteiger partial charge in [0.25, 0.3) is 0 Å². The number of guanidine groups is 1. The molecular weight excluding hydrogens is 352 g/mol. The van der Waals surface area contributed by atoms with E-state index in [4.69, 9.17) is 9.73 Å². The van der Waals surface area contributed by atoms with E-state index in [1.54, 1.807) is 0 Å². The minimum absolute atomic E-state index is 0.0282. The number of morpholine rings is 1. The third-order valence-corrected chi connectivity index (χ3v) is 5.16. The van der Waals surface area contributed by atoms with Gasteiger partial charge in [-0.05, 0) is 39.3 Å². The van der Waals surface area contributed by atoms with Crippen LogP contribution in [0.4, 0.5) is 0 Å². The van der Waals surface area contributed by atoms with Crippen molar-refractivity contribution in [2.45, 2.75) is 39.2 Å². The average molecular weight is 387 g/mol. The Kier molecular flexibility index (Phi) is 7.28. The van der Waals surface area contributed by atoms with Gasteiger partial charge < -0.3 is 20.4 Å². The largest absolute Gasteiger partial charge is 0.379 e. The lowest BCUT2D eigenvalue weighted by Gasteiger charge is -2.39. The molecule has 0 aliphatic carbocycles. The first-order chi connectivity index (χ1) is 13.6. The number of aryl methyl sites for hydroxylation is 1. The van der Waals surface area contributed by atoms with Gasteiger partial charge in [-0.3, -0.25) is 9.89 Å². The van der Waals surface area contributed by atoms with Crippen LogP contribution >= 0.6 is 0 Å². The predicted molar refractivity (Wildman–Crippen MR) is 115 cm³/mol. The van der Waals surface area contributed by atoms with Gasteiger partial charge in [-0.2, -0.15) is 0 Å². The lowest BCUT2D eigenvalue weighted by Crippen LogP contribution is -2.52. The Hall–Kier alpha value is -2.12. The predicted octanol–water partition coefficient (Wildman–Crippen LogP) is 2.16. The number of nitrogens with one attached hydrogen (secondary N) is 3. The van der Waals surface area contributed by atoms with Crippen molar-refractivity contribution in [3.05, 3.63) is 30.1 Å². The number of aromatic nitrogens is 2. The minimum atomic E-state index is 0.0282. The number of nitrogens with zero attached hydrogens (tertiary/aromatic N) is 3. The summed E-state index contributed by atoms with van der Waals surface area (Å²) in [7, 11) is 0. The Labute approximate surface area is 168 Å². The van der Waals surface area contributed by atoms with Gasteiger partial charge >= 0.3 is 0 Å². The third-order valence-electron chi connectivity index (χ3n) is 5.16. The molecule has 1 aromatic carbocycles. The first kappa shape index (κ1) is 20.6. The van der Waals surface area contributed by atoms with Crippen LogP contribution in [0.3, 0.4) is 0 Å². The Morgan fingerprint density at radius 3 is 2.79 bits per heavy atom. The second-order valence-corrected chi connectivity index (χ2v) is 7.84. The Bertz CT molecular complexity index is 730. The zero-order valence-corrected chi connectivity index (χ0v) is 17.4. The molecule has 1 aromatic heterocycles. The van der Waals surface area contributed by atoms with Crippen molar-refractivity contribution >= 4 is 17.0 Å². The number of ether oxygens (including phenoxy) is 1. The van der Waals surface area contributed by atoms with E-state index in [1.807, 2.05) is 18.2 Å². The highest BCUT2D eigenvalue weighted by atomic mass is 16.5. The molecule has 7 heteroatoms. The fourth-order valence-electron chi connectivity index (χ4n) is 3.47. The molecular formula is C21H34N6O. The number of aromatic amines is 1. The van der Waals surface area contributed by atoms with E-state index in [0.717, 1.165) is 81.6 Å². The summed E-state index contributed by atoms with van der Waals surface area (Å²) in [6.45, 7) is 12.7. The quantitative estimate of drug-likeness (QED) is 0.368. The Balaban J connectivity index is 1.47. The molecule has 3 N–H and O–H groups in total. The number of rotatable bonds is 8. The van der Waals surface area contributed by atoms with Crippen molar-refractivity contribution in [3.8, 4) is 0 Å². The Morgan fingerprint density at radius 1 is 1.25 bits per heavy atom. The molecule has 0 saturated carbocycles. The molecule has 28 heavy (non-hydrogen) atoms. The van der Waals surface area contributed by atoms with Gasteiger partial charge in [0, 0.05) is 38.1 Å². The van der Waals surface area contributed by atoms with E-state index in [9.17, 15) is 0 Å². The first-order valence-electron chi connectivity index (χ1n) is 10.4. The van der Waals surface area contributed by atoms with Crippen LogP contribution in [-0.4, -0.2) is 72.3 Å². The highest BCUT2D eigenvalue weighted by molar-refractivity contribution is 5.79. The normalized spacial score (nSPS) is 16.5. The Morgan fingerprint density at radius 2 is 2.04 bits per heavy atom. The number of benzene rings is 1. The molecule has 0 unspecified atom stereocenters. The fraction of sp³-hybridized carbons (Fsp3) is 0.619. The molecule has 1 saturated heterocycles. The summed E-state index contributed by atoms with van der Waals surface area (Å²) in [5.41, 5.74) is 2.16. The number of hydrogen-bond acceptors (Lipinski definition) is 4. The molecule has 0 bridgehead atoms. The first-order valence-corrected chi connectivity index (χ1v) is 10.4. The van der Waals surface area contributed by atoms with Gasteiger partial charge in [0.2, 0.25) is 0 Å². The van der Waals surface area contributed by atoms with Gasteiger partial charge in [-0.1, -0.05) is 12.1 Å². The van der Waals surface area contributed by atoms with Crippen LogP contribution in [0.2, 0.25) is 0 Å². The summed E-state index contributed by atoms with van der Waals surface area (Å²) >= 11 is 0. The van der Waals surface area contributed by atoms with Crippen molar-refractivity contribution in [2.24, 2.45) is 4.99 Å². The van der Waals surface area contributed by atoms with E-state index in [-0.39, 0.29) is 5.54 Å². The molecule has 154 valence electrons. The molecule has 2 aromatic rings. The maximum atomic E-state index is 5.47. The molecule has 0 amide bonds. The number of fused-ring (bicyclic) bond motifs is 1. The molecule has 1 aliphatic rings. The van der Waals surface area contributed by atoms with Crippen molar-refractivity contribution in [2.75, 3.05) is 45.9 Å². The van der Waals surface area contributed by atoms with Crippen molar-refractivity contribution in [1.82, 2.24) is 25.5 Å². The lowest BCUT2D eigenvalue weighted by atomic mass is 10.0. The molecule has 0 atom stereocenters. The summed E-state index contributed by atoms with van der Waals surface area (Å²) in [4.78, 5) is 15.3. The smallest absolute Gasteiger partial charge is 0.191 e. The average Bonchev–Trinajstić information content (AvgIpc) is 3.13. The van der Waals surface area contributed by atoms with E-state index in [0.29, 0.717) is 0 Å². The second kappa shape index (κ2) is 9.89. The van der Waals surface area contributed by atoms with Crippen LogP contribution in [-0.2, 0) is 11.2 Å². The molecule has 0 radical (unpaired) electrons. The minimum Gasteiger partial charge on any atom is -0.379 e. The number of aliphatic imine (C=N–C) groups is 1. The number of hydrogen-bond donors (Lipinski definition) is 3. The number of imidazole rings is 1. The van der Waals surface area contributed by atoms with Crippen LogP contribution in [0.25, 0.3) is 11.0 Å². The SMILES string of the molecule is CCNC(=NCC(C)(C)N1CCOCC1)NCCCc1nc2ccccc2[nH]1. The summed E-state index contributed by atoms with van der Waals surface area (Å²) in [5.74, 6) is 1.92. The standard InChI is InChI=1S/C21H34N6O/c1-4-22-20(24-16-21(2,3)27-12-14-28-15-13-27)23-11-7-10-19-25-17-8-5-6-9-18(17)26-19/h5-6,8-9H,4,7,10-16H2,1-3H3,(H,25,26)(H2,22,23,24). The van der Waals surface area contributed by atoms with Crippen molar-refractivity contribution in [3.63, 3.8) is 0 Å². The number of para-hydroxylation sites is 2. The molecule has 7 nitrogen and oxygen atoms in total. The van der Waals surface area contributed by atoms with Crippen LogP contribution in [0.15, 0.2) is 29.3 Å². The van der Waals surface area contributed by atoms with E-state index < -0.39 is 0 Å². The summed E-state index contributed by atoms with van der Waals surface area (Å²) in [6.07, 6.45) is 1.91. The second-order valence-electron chi connectivity index (χ2n) is 7.84. The number of H-pyrrole nitrogens is 1. The lowest BCUT2D eigenvalue weighted by molar-refractivity contribution is -0.00683. The van der Waals surface area contributed by atoms with Crippen LogP contribution < -0.4 is 10.6 Å². The zero-order chi connectivity index (χ0) is 19.8. The van der Waals surface area contributed by atoms with Crippen molar-refractivity contribution < 1.29 is 4.74 Å². The molecule has 2 heterocycles. The van der Waals surface area contributed by atoms with Gasteiger partial charge in [-0.25, -0.2) is 4.98 Å². The molecule has 3 rings (SSSR count). The van der Waals surface area contributed by atoms with Gasteiger partial charge in [-0.15, -0.1) is 0 Å². The summed E-state index contributed by atoms with van der Waals surface area (Å²) in [5, 5.41) is 6.80. The van der Waals surface area contributed by atoms with Gasteiger partial charge in [0.1, 0.15) is 5.82 Å². The summed E-state index contributed by atoms with van der Waals surface area (Å²) in [6, 6.07) is 8.16. The third kappa shape index (κ3) is 5.69. The van der Waals surface area contributed by atoms with Gasteiger partial charge in [0.05, 0.1) is 30.8 Å². The maximum Gasteiger partial charge on any atom is 0.191 e. The topological polar surface area (TPSA) is 77.6 Å². The van der Waals surface area contributed by atoms with E-state index >= 15 is 0 Å². The van der Waals surface area contributed by atoms with Gasteiger partial charge in [0.15, 0.2) is 5.96 Å². The molecule has 1 fully saturated rings. The highest BCUT2D eigenvalue weighted by Crippen LogP contribution is 2.16. The summed E-state index contributed by atoms with van der Waals surface area (Å²) < 4.78 is 5.47. The van der Waals surface area contributed by atoms with Crippen molar-refractivity contribution in [1.29, 1.82) is 0 Å². The van der Waals surface area contributed by atoms with Crippen LogP contribution in [0.5, 0.6) is 0 Å². The van der Waals surface area contributed by atoms with E-state index in [2.05, 4.69) is 52.3 Å². The van der Waals surface area contributed by atoms with Crippen LogP contribution in [0.1, 0.15) is 33.0 Å². The fourth-order valence-corrected chi connectivity index (χ4v) is 3.47. The molecule has 1 aliphatic heterocycles. The van der Waals surface area contributed by atoms with E-state index in [1.165, 1.54) is 0 Å². The maximum absolute atomic E-state index is 5.47. The zero-order valence-electron chi connectivity index (χ0n) is 17.4. The molecule has 0 spiro atoms. The monoisotopic (exact) mass is 386 g/mol. The van der Waals surface area contributed by atoms with Crippen LogP contribution in [0, 0.1) is 0 Å².